The third-order valence-corrected chi connectivity index (χ3v) is 2.64. The molecule has 0 spiro atoms. The second kappa shape index (κ2) is 5.07. The van der Waals surface area contributed by atoms with Crippen molar-refractivity contribution in [2.24, 2.45) is 0 Å². The molecular formula is C11H8ClN3O4. The summed E-state index contributed by atoms with van der Waals surface area (Å²) in [4.78, 5) is 21.9. The number of rotatable bonds is 4. The minimum atomic E-state index is -1.43. The van der Waals surface area contributed by atoms with E-state index in [0.717, 1.165) is 10.2 Å². The Morgan fingerprint density at radius 1 is 1.16 bits per heavy atom. The molecule has 0 saturated heterocycles. The molecular weight excluding hydrogens is 274 g/mol. The molecule has 1 heterocycles. The average Bonchev–Trinajstić information content (AvgIpc) is 2.76. The van der Waals surface area contributed by atoms with Crippen LogP contribution in [0.25, 0.3) is 0 Å². The van der Waals surface area contributed by atoms with Gasteiger partial charge < -0.3 is 10.2 Å². The number of carboxylic acid groups (broad SMARTS) is 2. The summed E-state index contributed by atoms with van der Waals surface area (Å²) in [5.74, 6) is -2.82. The van der Waals surface area contributed by atoms with Crippen molar-refractivity contribution in [1.29, 1.82) is 0 Å². The van der Waals surface area contributed by atoms with Gasteiger partial charge in [0, 0.05) is 5.02 Å². The van der Waals surface area contributed by atoms with Crippen molar-refractivity contribution in [3.63, 3.8) is 0 Å². The highest BCUT2D eigenvalue weighted by molar-refractivity contribution is 6.30. The molecule has 0 radical (unpaired) electrons. The predicted molar refractivity (Wildman–Crippen MR) is 64.5 cm³/mol. The SMILES string of the molecule is O=C(O)c1nnn(Cc2ccc(Cl)cc2)c1C(=O)O. The molecule has 0 aliphatic heterocycles. The molecule has 19 heavy (non-hydrogen) atoms. The maximum Gasteiger partial charge on any atom is 0.359 e. The van der Waals surface area contributed by atoms with Gasteiger partial charge in [-0.3, -0.25) is 0 Å². The number of aromatic nitrogens is 3. The largest absolute Gasteiger partial charge is 0.476 e. The molecule has 8 heteroatoms. The van der Waals surface area contributed by atoms with Crippen molar-refractivity contribution >= 4 is 23.5 Å². The lowest BCUT2D eigenvalue weighted by molar-refractivity contribution is 0.0640. The Hall–Kier alpha value is -2.41. The highest BCUT2D eigenvalue weighted by Gasteiger charge is 2.24. The fourth-order valence-electron chi connectivity index (χ4n) is 1.54. The van der Waals surface area contributed by atoms with Gasteiger partial charge in [0.1, 0.15) is 0 Å². The van der Waals surface area contributed by atoms with Crippen LogP contribution in [0.5, 0.6) is 0 Å². The zero-order valence-corrected chi connectivity index (χ0v) is 10.2. The average molecular weight is 282 g/mol. The van der Waals surface area contributed by atoms with Gasteiger partial charge in [0.25, 0.3) is 0 Å². The minimum Gasteiger partial charge on any atom is -0.476 e. The first kappa shape index (κ1) is 13.0. The Morgan fingerprint density at radius 3 is 2.32 bits per heavy atom. The number of carbonyl (C=O) groups is 2. The van der Waals surface area contributed by atoms with E-state index in [1.54, 1.807) is 24.3 Å². The van der Waals surface area contributed by atoms with Crippen LogP contribution >= 0.6 is 11.6 Å². The fourth-order valence-corrected chi connectivity index (χ4v) is 1.67. The summed E-state index contributed by atoms with van der Waals surface area (Å²) < 4.78 is 1.02. The van der Waals surface area contributed by atoms with Crippen molar-refractivity contribution in [2.45, 2.75) is 6.54 Å². The molecule has 0 aliphatic carbocycles. The lowest BCUT2D eigenvalue weighted by Gasteiger charge is -2.03. The van der Waals surface area contributed by atoms with Gasteiger partial charge in [0.15, 0.2) is 5.69 Å². The Morgan fingerprint density at radius 2 is 1.79 bits per heavy atom. The van der Waals surface area contributed by atoms with Crippen molar-refractivity contribution < 1.29 is 19.8 Å². The molecule has 0 amide bonds. The minimum absolute atomic E-state index is 0.0963. The number of benzene rings is 1. The number of carboxylic acids is 2. The summed E-state index contributed by atoms with van der Waals surface area (Å²) in [5.41, 5.74) is -0.308. The molecule has 1 aromatic carbocycles. The van der Waals surface area contributed by atoms with E-state index in [0.29, 0.717) is 5.02 Å². The molecule has 0 fully saturated rings. The van der Waals surface area contributed by atoms with Crippen LogP contribution in [0.3, 0.4) is 0 Å². The topological polar surface area (TPSA) is 105 Å². The lowest BCUT2D eigenvalue weighted by atomic mass is 10.2. The van der Waals surface area contributed by atoms with Gasteiger partial charge in [0.05, 0.1) is 6.54 Å². The maximum atomic E-state index is 11.1. The first-order valence-electron chi connectivity index (χ1n) is 5.13. The molecule has 7 nitrogen and oxygen atoms in total. The first-order chi connectivity index (χ1) is 8.99. The fraction of sp³-hybridized carbons (Fsp3) is 0.0909. The summed E-state index contributed by atoms with van der Waals surface area (Å²) in [5, 5.41) is 25.3. The van der Waals surface area contributed by atoms with E-state index in [1.807, 2.05) is 0 Å². The second-order valence-electron chi connectivity index (χ2n) is 3.68. The smallest absolute Gasteiger partial charge is 0.359 e. The lowest BCUT2D eigenvalue weighted by Crippen LogP contribution is -2.14. The van der Waals surface area contributed by atoms with Crippen LogP contribution in [0.2, 0.25) is 5.02 Å². The molecule has 98 valence electrons. The summed E-state index contributed by atoms with van der Waals surface area (Å²) in [6.45, 7) is 0.0963. The molecule has 1 aromatic heterocycles. The highest BCUT2D eigenvalue weighted by Crippen LogP contribution is 2.12. The van der Waals surface area contributed by atoms with E-state index in [9.17, 15) is 9.59 Å². The van der Waals surface area contributed by atoms with Crippen LogP contribution in [0, 0.1) is 0 Å². The monoisotopic (exact) mass is 281 g/mol. The zero-order valence-electron chi connectivity index (χ0n) is 9.45. The van der Waals surface area contributed by atoms with Crippen molar-refractivity contribution in [1.82, 2.24) is 15.0 Å². The molecule has 0 aliphatic rings. The summed E-state index contributed by atoms with van der Waals surface area (Å²) in [6, 6.07) is 6.67. The number of aromatic carboxylic acids is 2. The number of hydrogen-bond acceptors (Lipinski definition) is 4. The van der Waals surface area contributed by atoms with Gasteiger partial charge in [-0.2, -0.15) is 0 Å². The summed E-state index contributed by atoms with van der Waals surface area (Å²) >= 11 is 5.74. The number of hydrogen-bond donors (Lipinski definition) is 2. The third-order valence-electron chi connectivity index (χ3n) is 2.39. The van der Waals surface area contributed by atoms with Gasteiger partial charge in [-0.25, -0.2) is 14.3 Å². The molecule has 2 aromatic rings. The predicted octanol–water partition coefficient (Wildman–Crippen LogP) is 1.38. The van der Waals surface area contributed by atoms with Crippen LogP contribution in [0.15, 0.2) is 24.3 Å². The molecule has 2 N–H and O–H groups in total. The number of halogens is 1. The van der Waals surface area contributed by atoms with E-state index in [-0.39, 0.29) is 6.54 Å². The molecule has 2 rings (SSSR count). The van der Waals surface area contributed by atoms with E-state index in [1.165, 1.54) is 0 Å². The maximum absolute atomic E-state index is 11.1. The van der Waals surface area contributed by atoms with Crippen molar-refractivity contribution in [2.75, 3.05) is 0 Å². The number of nitrogens with zero attached hydrogens (tertiary/aromatic N) is 3. The Labute approximate surface area is 112 Å². The van der Waals surface area contributed by atoms with E-state index in [2.05, 4.69) is 10.3 Å². The van der Waals surface area contributed by atoms with Crippen LogP contribution in [-0.4, -0.2) is 37.1 Å². The quantitative estimate of drug-likeness (QED) is 0.877. The zero-order chi connectivity index (χ0) is 14.0. The Kier molecular flexibility index (Phi) is 3.48. The standard InChI is InChI=1S/C11H8ClN3O4/c12-7-3-1-6(2-4-7)5-15-9(11(18)19)8(10(16)17)13-14-15/h1-4H,5H2,(H,16,17)(H,18,19). The normalized spacial score (nSPS) is 10.4. The Bertz CT molecular complexity index is 636. The molecule has 0 bridgehead atoms. The van der Waals surface area contributed by atoms with E-state index in [4.69, 9.17) is 21.8 Å². The molecule has 0 saturated carbocycles. The summed E-state index contributed by atoms with van der Waals surface area (Å²) in [6.07, 6.45) is 0. The second-order valence-corrected chi connectivity index (χ2v) is 4.12. The van der Waals surface area contributed by atoms with Gasteiger partial charge >= 0.3 is 11.9 Å². The van der Waals surface area contributed by atoms with Crippen molar-refractivity contribution in [3.05, 3.63) is 46.2 Å². The third kappa shape index (κ3) is 2.71. The van der Waals surface area contributed by atoms with Crippen LogP contribution in [0.4, 0.5) is 0 Å². The summed E-state index contributed by atoms with van der Waals surface area (Å²) in [7, 11) is 0. The molecule has 0 atom stereocenters. The van der Waals surface area contributed by atoms with Crippen LogP contribution in [-0.2, 0) is 6.54 Å². The highest BCUT2D eigenvalue weighted by atomic mass is 35.5. The van der Waals surface area contributed by atoms with Gasteiger partial charge in [-0.05, 0) is 17.7 Å². The van der Waals surface area contributed by atoms with Crippen molar-refractivity contribution in [3.8, 4) is 0 Å². The van der Waals surface area contributed by atoms with E-state index < -0.39 is 23.3 Å². The van der Waals surface area contributed by atoms with Crippen LogP contribution in [0.1, 0.15) is 26.5 Å². The Balaban J connectivity index is 2.37. The van der Waals surface area contributed by atoms with Gasteiger partial charge in [0.2, 0.25) is 5.69 Å². The van der Waals surface area contributed by atoms with Gasteiger partial charge in [-0.15, -0.1) is 5.10 Å². The van der Waals surface area contributed by atoms with Crippen LogP contribution < -0.4 is 0 Å². The first-order valence-corrected chi connectivity index (χ1v) is 5.51. The molecule has 0 unspecified atom stereocenters. The van der Waals surface area contributed by atoms with Gasteiger partial charge in [-0.1, -0.05) is 28.9 Å². The van der Waals surface area contributed by atoms with E-state index >= 15 is 0 Å².